The molecule has 1 aromatic carbocycles. The first-order chi connectivity index (χ1) is 11.4. The summed E-state index contributed by atoms with van der Waals surface area (Å²) in [5.41, 5.74) is 2.67. The molecule has 25 heavy (non-hydrogen) atoms. The van der Waals surface area contributed by atoms with Crippen LogP contribution in [0.4, 0.5) is 0 Å². The Morgan fingerprint density at radius 3 is 2.84 bits per heavy atom. The molecule has 2 N–H and O–H groups in total. The van der Waals surface area contributed by atoms with Crippen LogP contribution in [0.2, 0.25) is 0 Å². The third-order valence-electron chi connectivity index (χ3n) is 5.45. The first-order valence-electron chi connectivity index (χ1n) is 8.85. The Hall–Kier alpha value is -0.340. The van der Waals surface area contributed by atoms with Crippen molar-refractivity contribution in [1.29, 1.82) is 0 Å². The first-order valence-corrected chi connectivity index (χ1v) is 9.64. The van der Waals surface area contributed by atoms with E-state index in [1.165, 1.54) is 11.1 Å². The molecule has 2 fully saturated rings. The van der Waals surface area contributed by atoms with E-state index >= 15 is 0 Å². The van der Waals surface area contributed by atoms with Gasteiger partial charge in [-0.1, -0.05) is 35.8 Å². The summed E-state index contributed by atoms with van der Waals surface area (Å²) in [6.45, 7) is 11.3. The molecule has 0 bridgehead atoms. The van der Waals surface area contributed by atoms with Crippen molar-refractivity contribution < 1.29 is 4.74 Å². The molecule has 1 saturated carbocycles. The maximum atomic E-state index is 5.89. The highest BCUT2D eigenvalue weighted by atomic mass is 127. The lowest BCUT2D eigenvalue weighted by Gasteiger charge is -2.54. The fraction of sp³-hybridized carbons (Fsp3) is 0.632. The third-order valence-corrected chi connectivity index (χ3v) is 5.94. The summed E-state index contributed by atoms with van der Waals surface area (Å²) in [6.07, 6.45) is 1.54. The van der Waals surface area contributed by atoms with Crippen LogP contribution in [0.1, 0.15) is 38.3 Å². The standard InChI is InChI=1S/C19H28BrN3O.HI/c1-5-21-18(22-11-13-6-7-14(20)10-12(13)2)23-16-15-8-9-24-17(15)19(16,3)4;/h6-7,10,15-17H,5,8-9,11H2,1-4H3,(H2,21,22,23);1H. The normalized spacial score (nSPS) is 27.1. The predicted molar refractivity (Wildman–Crippen MR) is 118 cm³/mol. The molecule has 140 valence electrons. The fourth-order valence-electron chi connectivity index (χ4n) is 4.09. The van der Waals surface area contributed by atoms with Crippen molar-refractivity contribution in [1.82, 2.24) is 10.6 Å². The highest BCUT2D eigenvalue weighted by molar-refractivity contribution is 14.0. The second-order valence-corrected chi connectivity index (χ2v) is 8.37. The first kappa shape index (κ1) is 21.0. The maximum absolute atomic E-state index is 5.89. The van der Waals surface area contributed by atoms with Gasteiger partial charge in [0.25, 0.3) is 0 Å². The monoisotopic (exact) mass is 521 g/mol. The molecule has 3 unspecified atom stereocenters. The van der Waals surface area contributed by atoms with Gasteiger partial charge in [0.15, 0.2) is 5.96 Å². The lowest BCUT2D eigenvalue weighted by atomic mass is 9.57. The number of hydrogen-bond donors (Lipinski definition) is 2. The van der Waals surface area contributed by atoms with Gasteiger partial charge in [0.05, 0.1) is 12.6 Å². The van der Waals surface area contributed by atoms with Crippen molar-refractivity contribution in [2.75, 3.05) is 13.2 Å². The number of fused-ring (bicyclic) bond motifs is 1. The molecule has 1 heterocycles. The summed E-state index contributed by atoms with van der Waals surface area (Å²) in [7, 11) is 0. The van der Waals surface area contributed by atoms with Crippen LogP contribution in [0.5, 0.6) is 0 Å². The number of hydrogen-bond acceptors (Lipinski definition) is 2. The second-order valence-electron chi connectivity index (χ2n) is 7.45. The topological polar surface area (TPSA) is 45.7 Å². The van der Waals surface area contributed by atoms with E-state index in [4.69, 9.17) is 9.73 Å². The Morgan fingerprint density at radius 2 is 2.16 bits per heavy atom. The fourth-order valence-corrected chi connectivity index (χ4v) is 4.56. The molecule has 1 aliphatic carbocycles. The quantitative estimate of drug-likeness (QED) is 0.354. The summed E-state index contributed by atoms with van der Waals surface area (Å²) in [6, 6.07) is 6.78. The van der Waals surface area contributed by atoms with Crippen LogP contribution >= 0.6 is 39.9 Å². The average molecular weight is 522 g/mol. The molecular weight excluding hydrogens is 493 g/mol. The molecule has 0 radical (unpaired) electrons. The third kappa shape index (κ3) is 4.33. The van der Waals surface area contributed by atoms with Crippen molar-refractivity contribution in [2.45, 2.75) is 52.8 Å². The molecule has 1 aliphatic heterocycles. The van der Waals surface area contributed by atoms with Gasteiger partial charge in [-0.3, -0.25) is 0 Å². The van der Waals surface area contributed by atoms with E-state index in [1.807, 2.05) is 0 Å². The average Bonchev–Trinajstić information content (AvgIpc) is 2.98. The van der Waals surface area contributed by atoms with E-state index < -0.39 is 0 Å². The summed E-state index contributed by atoms with van der Waals surface area (Å²) < 4.78 is 7.00. The number of rotatable bonds is 4. The number of nitrogens with one attached hydrogen (secondary N) is 2. The zero-order valence-electron chi connectivity index (χ0n) is 15.4. The number of nitrogens with zero attached hydrogens (tertiary/aromatic N) is 1. The lowest BCUT2D eigenvalue weighted by Crippen LogP contribution is -2.67. The van der Waals surface area contributed by atoms with Gasteiger partial charge >= 0.3 is 0 Å². The summed E-state index contributed by atoms with van der Waals surface area (Å²) in [4.78, 5) is 4.81. The minimum Gasteiger partial charge on any atom is -0.377 e. The Kier molecular flexibility index (Phi) is 7.18. The van der Waals surface area contributed by atoms with Gasteiger partial charge in [0.2, 0.25) is 0 Å². The number of guanidine groups is 1. The Labute approximate surface area is 176 Å². The van der Waals surface area contributed by atoms with Crippen LogP contribution in [0.25, 0.3) is 0 Å². The molecule has 1 aromatic rings. The minimum atomic E-state index is 0. The van der Waals surface area contributed by atoms with Crippen LogP contribution in [-0.4, -0.2) is 31.3 Å². The highest BCUT2D eigenvalue weighted by Gasteiger charge is 2.59. The summed E-state index contributed by atoms with van der Waals surface area (Å²) in [5, 5.41) is 7.06. The zero-order chi connectivity index (χ0) is 17.3. The molecule has 6 heteroatoms. The smallest absolute Gasteiger partial charge is 0.191 e. The Morgan fingerprint density at radius 1 is 1.40 bits per heavy atom. The number of aryl methyl sites for hydroxylation is 1. The molecule has 4 nitrogen and oxygen atoms in total. The van der Waals surface area contributed by atoms with Gasteiger partial charge in [-0.25, -0.2) is 4.99 Å². The van der Waals surface area contributed by atoms with Gasteiger partial charge in [-0.2, -0.15) is 0 Å². The molecule has 3 rings (SSSR count). The molecular formula is C19H29BrIN3O. The van der Waals surface area contributed by atoms with Crippen molar-refractivity contribution in [3.63, 3.8) is 0 Å². The van der Waals surface area contributed by atoms with Crippen LogP contribution in [-0.2, 0) is 11.3 Å². The zero-order valence-corrected chi connectivity index (χ0v) is 19.4. The minimum absolute atomic E-state index is 0. The number of ether oxygens (including phenoxy) is 1. The van der Waals surface area contributed by atoms with E-state index in [9.17, 15) is 0 Å². The second kappa shape index (κ2) is 8.57. The molecule has 0 spiro atoms. The Bertz CT molecular complexity index is 635. The van der Waals surface area contributed by atoms with Gasteiger partial charge in [-0.15, -0.1) is 24.0 Å². The Balaban J connectivity index is 0.00000225. The van der Waals surface area contributed by atoms with E-state index in [2.05, 4.69) is 72.5 Å². The lowest BCUT2D eigenvalue weighted by molar-refractivity contribution is -0.106. The van der Waals surface area contributed by atoms with Crippen molar-refractivity contribution in [3.05, 3.63) is 33.8 Å². The van der Waals surface area contributed by atoms with Gasteiger partial charge < -0.3 is 15.4 Å². The van der Waals surface area contributed by atoms with Gasteiger partial charge in [0, 0.05) is 35.0 Å². The molecule has 0 aromatic heterocycles. The van der Waals surface area contributed by atoms with E-state index in [1.54, 1.807) is 0 Å². The van der Waals surface area contributed by atoms with Gasteiger partial charge in [-0.05, 0) is 43.5 Å². The number of halogens is 2. The highest BCUT2D eigenvalue weighted by Crippen LogP contribution is 2.52. The van der Waals surface area contributed by atoms with Crippen LogP contribution in [0.3, 0.4) is 0 Å². The van der Waals surface area contributed by atoms with Crippen LogP contribution < -0.4 is 10.6 Å². The molecule has 3 atom stereocenters. The molecule has 2 aliphatic rings. The van der Waals surface area contributed by atoms with Crippen molar-refractivity contribution in [3.8, 4) is 0 Å². The molecule has 0 amide bonds. The maximum Gasteiger partial charge on any atom is 0.191 e. The van der Waals surface area contributed by atoms with E-state index in [-0.39, 0.29) is 29.4 Å². The van der Waals surface area contributed by atoms with Gasteiger partial charge in [0.1, 0.15) is 0 Å². The van der Waals surface area contributed by atoms with Crippen LogP contribution in [0, 0.1) is 18.3 Å². The molecule has 1 saturated heterocycles. The predicted octanol–water partition coefficient (Wildman–Crippen LogP) is 4.24. The van der Waals surface area contributed by atoms with Crippen LogP contribution in [0.15, 0.2) is 27.7 Å². The summed E-state index contributed by atoms with van der Waals surface area (Å²) >= 11 is 3.52. The largest absolute Gasteiger partial charge is 0.377 e. The van der Waals surface area contributed by atoms with E-state index in [0.717, 1.165) is 30.0 Å². The van der Waals surface area contributed by atoms with E-state index in [0.29, 0.717) is 24.6 Å². The SMILES string of the molecule is CCNC(=NCc1ccc(Br)cc1C)NC1C2CCOC2C1(C)C.I. The number of benzene rings is 1. The van der Waals surface area contributed by atoms with Crippen molar-refractivity contribution >= 4 is 45.9 Å². The van der Waals surface area contributed by atoms with Crippen molar-refractivity contribution in [2.24, 2.45) is 16.3 Å². The summed E-state index contributed by atoms with van der Waals surface area (Å²) in [5.74, 6) is 1.52. The number of aliphatic imine (C=N–C) groups is 1.